The number of likely N-dealkylation sites (tertiary alicyclic amines) is 1. The van der Waals surface area contributed by atoms with Crippen LogP contribution in [0.1, 0.15) is 42.6 Å². The summed E-state index contributed by atoms with van der Waals surface area (Å²) in [5.74, 6) is -0.194. The summed E-state index contributed by atoms with van der Waals surface area (Å²) in [6.07, 6.45) is 4.19. The molecule has 0 atom stereocenters. The summed E-state index contributed by atoms with van der Waals surface area (Å²) in [4.78, 5) is 26.9. The standard InChI is InChI=1S/C20H22Cl2N2O3/c1-20(2,15-3-4-16(21)17(22)11-15)23-18(25)13-5-8-24(9-6-13)19(26)14-7-10-27-12-14/h3-4,7,10-13H,5-6,8-9H2,1-2H3,(H,23,25). The van der Waals surface area contributed by atoms with Gasteiger partial charge in [0, 0.05) is 19.0 Å². The summed E-state index contributed by atoms with van der Waals surface area (Å²) in [7, 11) is 0. The van der Waals surface area contributed by atoms with Gasteiger partial charge in [-0.2, -0.15) is 0 Å². The molecule has 0 unspecified atom stereocenters. The highest BCUT2D eigenvalue weighted by molar-refractivity contribution is 6.42. The molecular formula is C20H22Cl2N2O3. The van der Waals surface area contributed by atoms with Gasteiger partial charge in [-0.3, -0.25) is 9.59 Å². The van der Waals surface area contributed by atoms with E-state index in [4.69, 9.17) is 27.6 Å². The zero-order chi connectivity index (χ0) is 19.6. The van der Waals surface area contributed by atoms with Crippen molar-refractivity contribution in [1.29, 1.82) is 0 Å². The summed E-state index contributed by atoms with van der Waals surface area (Å²) in [5, 5.41) is 4.05. The van der Waals surface area contributed by atoms with E-state index in [1.54, 1.807) is 23.1 Å². The Hall–Kier alpha value is -1.98. The third-order valence-electron chi connectivity index (χ3n) is 5.00. The Morgan fingerprint density at radius 1 is 1.15 bits per heavy atom. The maximum Gasteiger partial charge on any atom is 0.257 e. The van der Waals surface area contributed by atoms with Crippen LogP contribution in [0.4, 0.5) is 0 Å². The van der Waals surface area contributed by atoms with Crippen LogP contribution in [0.25, 0.3) is 0 Å². The number of halogens is 2. The molecule has 2 aromatic rings. The second-order valence-electron chi connectivity index (χ2n) is 7.32. The Morgan fingerprint density at radius 2 is 1.85 bits per heavy atom. The van der Waals surface area contributed by atoms with Gasteiger partial charge in [0.1, 0.15) is 6.26 Å². The highest BCUT2D eigenvalue weighted by Gasteiger charge is 2.31. The van der Waals surface area contributed by atoms with Gasteiger partial charge in [0.15, 0.2) is 0 Å². The average Bonchev–Trinajstić information content (AvgIpc) is 3.17. The number of carbonyl (C=O) groups is 2. The molecule has 1 N–H and O–H groups in total. The molecule has 3 rings (SSSR count). The molecule has 1 saturated heterocycles. The van der Waals surface area contributed by atoms with Gasteiger partial charge in [0.05, 0.1) is 27.4 Å². The van der Waals surface area contributed by atoms with Crippen molar-refractivity contribution in [1.82, 2.24) is 10.2 Å². The van der Waals surface area contributed by atoms with E-state index >= 15 is 0 Å². The predicted molar refractivity (Wildman–Crippen MR) is 105 cm³/mol. The Morgan fingerprint density at radius 3 is 2.44 bits per heavy atom. The van der Waals surface area contributed by atoms with Crippen molar-refractivity contribution < 1.29 is 14.0 Å². The van der Waals surface area contributed by atoms with E-state index < -0.39 is 5.54 Å². The minimum absolute atomic E-state index is 0.0125. The smallest absolute Gasteiger partial charge is 0.257 e. The summed E-state index contributed by atoms with van der Waals surface area (Å²) in [5.41, 5.74) is 0.853. The van der Waals surface area contributed by atoms with Crippen molar-refractivity contribution >= 4 is 35.0 Å². The normalized spacial score (nSPS) is 15.6. The minimum atomic E-state index is -0.574. The largest absolute Gasteiger partial charge is 0.472 e. The molecule has 0 bridgehead atoms. The molecular weight excluding hydrogens is 387 g/mol. The molecule has 5 nitrogen and oxygen atoms in total. The lowest BCUT2D eigenvalue weighted by molar-refractivity contribution is -0.128. The molecule has 1 aliphatic rings. The van der Waals surface area contributed by atoms with Crippen molar-refractivity contribution in [3.8, 4) is 0 Å². The van der Waals surface area contributed by atoms with Crippen LogP contribution in [0, 0.1) is 5.92 Å². The third kappa shape index (κ3) is 4.47. The zero-order valence-corrected chi connectivity index (χ0v) is 16.8. The molecule has 27 heavy (non-hydrogen) atoms. The van der Waals surface area contributed by atoms with Crippen LogP contribution in [0.3, 0.4) is 0 Å². The van der Waals surface area contributed by atoms with Gasteiger partial charge in [-0.05, 0) is 50.5 Å². The maximum atomic E-state index is 12.8. The maximum absolute atomic E-state index is 12.8. The van der Waals surface area contributed by atoms with E-state index in [9.17, 15) is 9.59 Å². The van der Waals surface area contributed by atoms with Gasteiger partial charge in [-0.15, -0.1) is 0 Å². The first-order valence-electron chi connectivity index (χ1n) is 8.87. The van der Waals surface area contributed by atoms with Crippen LogP contribution in [-0.2, 0) is 10.3 Å². The van der Waals surface area contributed by atoms with E-state index in [2.05, 4.69) is 5.32 Å². The quantitative estimate of drug-likeness (QED) is 0.810. The van der Waals surface area contributed by atoms with Crippen molar-refractivity contribution in [3.05, 3.63) is 58.0 Å². The van der Waals surface area contributed by atoms with Gasteiger partial charge in [-0.1, -0.05) is 29.3 Å². The summed E-state index contributed by atoms with van der Waals surface area (Å²) >= 11 is 12.1. The third-order valence-corrected chi connectivity index (χ3v) is 5.74. The van der Waals surface area contributed by atoms with E-state index in [-0.39, 0.29) is 17.7 Å². The van der Waals surface area contributed by atoms with Crippen LogP contribution >= 0.6 is 23.2 Å². The minimum Gasteiger partial charge on any atom is -0.472 e. The van der Waals surface area contributed by atoms with Crippen molar-refractivity contribution in [2.45, 2.75) is 32.2 Å². The molecule has 1 aliphatic heterocycles. The first kappa shape index (κ1) is 19.8. The number of benzene rings is 1. The van der Waals surface area contributed by atoms with Gasteiger partial charge < -0.3 is 14.6 Å². The van der Waals surface area contributed by atoms with E-state index in [0.29, 0.717) is 41.5 Å². The van der Waals surface area contributed by atoms with E-state index in [0.717, 1.165) is 5.56 Å². The summed E-state index contributed by atoms with van der Waals surface area (Å²) in [6.45, 7) is 4.97. The van der Waals surface area contributed by atoms with Crippen molar-refractivity contribution in [2.24, 2.45) is 5.92 Å². The fourth-order valence-corrected chi connectivity index (χ4v) is 3.58. The first-order valence-corrected chi connectivity index (χ1v) is 9.62. The number of piperidine rings is 1. The second kappa shape index (κ2) is 7.95. The van der Waals surface area contributed by atoms with Gasteiger partial charge >= 0.3 is 0 Å². The molecule has 0 saturated carbocycles. The molecule has 1 aromatic heterocycles. The van der Waals surface area contributed by atoms with Crippen LogP contribution in [0.5, 0.6) is 0 Å². The van der Waals surface area contributed by atoms with Crippen molar-refractivity contribution in [2.75, 3.05) is 13.1 Å². The lowest BCUT2D eigenvalue weighted by Crippen LogP contribution is -2.47. The summed E-state index contributed by atoms with van der Waals surface area (Å²) in [6, 6.07) is 7.02. The van der Waals surface area contributed by atoms with Crippen LogP contribution in [0.2, 0.25) is 10.0 Å². The molecule has 0 spiro atoms. The lowest BCUT2D eigenvalue weighted by Gasteiger charge is -2.34. The Labute approximate surface area is 168 Å². The molecule has 1 aromatic carbocycles. The molecule has 0 aliphatic carbocycles. The number of hydrogen-bond acceptors (Lipinski definition) is 3. The van der Waals surface area contributed by atoms with Crippen LogP contribution in [-0.4, -0.2) is 29.8 Å². The second-order valence-corrected chi connectivity index (χ2v) is 8.14. The fraction of sp³-hybridized carbons (Fsp3) is 0.400. The number of amides is 2. The average molecular weight is 409 g/mol. The van der Waals surface area contributed by atoms with Crippen LogP contribution in [0.15, 0.2) is 41.2 Å². The van der Waals surface area contributed by atoms with Gasteiger partial charge in [0.2, 0.25) is 5.91 Å². The Bertz CT molecular complexity index is 826. The molecule has 1 fully saturated rings. The van der Waals surface area contributed by atoms with E-state index in [1.165, 1.54) is 12.5 Å². The molecule has 144 valence electrons. The molecule has 2 amide bonds. The topological polar surface area (TPSA) is 62.6 Å². The van der Waals surface area contributed by atoms with E-state index in [1.807, 2.05) is 19.9 Å². The number of furan rings is 1. The van der Waals surface area contributed by atoms with Crippen molar-refractivity contribution in [3.63, 3.8) is 0 Å². The Kier molecular flexibility index (Phi) is 5.82. The monoisotopic (exact) mass is 408 g/mol. The SMILES string of the molecule is CC(C)(NC(=O)C1CCN(C(=O)c2ccoc2)CC1)c1ccc(Cl)c(Cl)c1. The summed E-state index contributed by atoms with van der Waals surface area (Å²) < 4.78 is 4.97. The molecule has 2 heterocycles. The number of hydrogen-bond donors (Lipinski definition) is 1. The zero-order valence-electron chi connectivity index (χ0n) is 15.3. The molecule has 7 heteroatoms. The molecule has 0 radical (unpaired) electrons. The number of carbonyl (C=O) groups excluding carboxylic acids is 2. The van der Waals surface area contributed by atoms with Crippen LogP contribution < -0.4 is 5.32 Å². The lowest BCUT2D eigenvalue weighted by atomic mass is 9.90. The number of nitrogens with zero attached hydrogens (tertiary/aromatic N) is 1. The van der Waals surface area contributed by atoms with Gasteiger partial charge in [0.25, 0.3) is 5.91 Å². The highest BCUT2D eigenvalue weighted by atomic mass is 35.5. The first-order chi connectivity index (χ1) is 12.8. The number of rotatable bonds is 4. The predicted octanol–water partition coefficient (Wildman–Crippen LogP) is 4.49. The fourth-order valence-electron chi connectivity index (χ4n) is 3.28. The highest BCUT2D eigenvalue weighted by Crippen LogP contribution is 2.29. The Balaban J connectivity index is 1.59. The van der Waals surface area contributed by atoms with Gasteiger partial charge in [-0.25, -0.2) is 0 Å². The number of nitrogens with one attached hydrogen (secondary N) is 1.